The Morgan fingerprint density at radius 2 is 1.80 bits per heavy atom. The van der Waals surface area contributed by atoms with Crippen molar-refractivity contribution in [1.29, 1.82) is 0 Å². The topological polar surface area (TPSA) is 9.23 Å². The number of hydrogen-bond donors (Lipinski definition) is 0. The van der Waals surface area contributed by atoms with Crippen LogP contribution in [-0.4, -0.2) is 14.4 Å². The van der Waals surface area contributed by atoms with Gasteiger partial charge in [-0.15, -0.1) is 5.92 Å². The van der Waals surface area contributed by atoms with Crippen molar-refractivity contribution in [3.63, 3.8) is 0 Å². The zero-order valence-corrected chi connectivity index (χ0v) is 12.1. The predicted octanol–water partition coefficient (Wildman–Crippen LogP) is 3.98. The summed E-state index contributed by atoms with van der Waals surface area (Å²) >= 11 is 0. The summed E-state index contributed by atoms with van der Waals surface area (Å²) in [5.74, 6) is 6.01. The summed E-state index contributed by atoms with van der Waals surface area (Å²) in [6.45, 7) is 15.1. The summed E-state index contributed by atoms with van der Waals surface area (Å²) in [5, 5.41) is 0.238. The van der Waals surface area contributed by atoms with Crippen LogP contribution in [0.25, 0.3) is 0 Å². The predicted molar refractivity (Wildman–Crippen MR) is 70.3 cm³/mol. The van der Waals surface area contributed by atoms with E-state index in [9.17, 15) is 0 Å². The van der Waals surface area contributed by atoms with Gasteiger partial charge in [-0.25, -0.2) is 0 Å². The molecule has 0 heterocycles. The second kappa shape index (κ2) is 5.53. The van der Waals surface area contributed by atoms with Gasteiger partial charge >= 0.3 is 0 Å². The first-order valence-corrected chi connectivity index (χ1v) is 8.38. The van der Waals surface area contributed by atoms with Crippen LogP contribution in [0, 0.1) is 11.8 Å². The first-order chi connectivity index (χ1) is 6.74. The molecule has 0 amide bonds. The molecule has 0 spiro atoms. The van der Waals surface area contributed by atoms with Crippen LogP contribution in [0.2, 0.25) is 18.1 Å². The fraction of sp³-hybridized carbons (Fsp3) is 0.692. The summed E-state index contributed by atoms with van der Waals surface area (Å²) < 4.78 is 6.16. The molecule has 1 atom stereocenters. The van der Waals surface area contributed by atoms with Gasteiger partial charge in [0.05, 0.1) is 0 Å². The van der Waals surface area contributed by atoms with E-state index in [1.807, 2.05) is 26.0 Å². The molecule has 0 radical (unpaired) electrons. The highest BCUT2D eigenvalue weighted by Crippen LogP contribution is 2.37. The molecular formula is C13H24OSi. The highest BCUT2D eigenvalue weighted by molar-refractivity contribution is 6.74. The molecule has 0 aromatic heterocycles. The number of rotatable bonds is 3. The third kappa shape index (κ3) is 4.68. The van der Waals surface area contributed by atoms with Gasteiger partial charge in [-0.2, -0.15) is 0 Å². The highest BCUT2D eigenvalue weighted by Gasteiger charge is 2.38. The van der Waals surface area contributed by atoms with E-state index in [4.69, 9.17) is 4.43 Å². The Hall–Kier alpha value is -0.523. The summed E-state index contributed by atoms with van der Waals surface area (Å²) in [6.07, 6.45) is 3.99. The van der Waals surface area contributed by atoms with Crippen LogP contribution in [-0.2, 0) is 4.43 Å². The molecule has 0 bridgehead atoms. The minimum atomic E-state index is -1.70. The van der Waals surface area contributed by atoms with Gasteiger partial charge in [-0.05, 0) is 38.1 Å². The molecule has 0 rings (SSSR count). The Morgan fingerprint density at radius 1 is 1.27 bits per heavy atom. The molecule has 0 aliphatic heterocycles. The average Bonchev–Trinajstić information content (AvgIpc) is 2.02. The summed E-state index contributed by atoms with van der Waals surface area (Å²) in [4.78, 5) is 0. The molecule has 1 unspecified atom stereocenters. The van der Waals surface area contributed by atoms with E-state index in [-0.39, 0.29) is 11.1 Å². The van der Waals surface area contributed by atoms with E-state index in [1.165, 1.54) is 0 Å². The van der Waals surface area contributed by atoms with Gasteiger partial charge in [0.15, 0.2) is 8.32 Å². The normalized spacial score (nSPS) is 14.9. The maximum Gasteiger partial charge on any atom is 0.194 e. The van der Waals surface area contributed by atoms with Gasteiger partial charge < -0.3 is 4.43 Å². The lowest BCUT2D eigenvalue weighted by atomic mass is 10.2. The molecule has 0 fully saturated rings. The Morgan fingerprint density at radius 3 is 2.13 bits per heavy atom. The first-order valence-electron chi connectivity index (χ1n) is 5.47. The average molecular weight is 224 g/mol. The molecule has 86 valence electrons. The summed E-state index contributed by atoms with van der Waals surface area (Å²) in [6, 6.07) is 0. The highest BCUT2D eigenvalue weighted by atomic mass is 28.4. The van der Waals surface area contributed by atoms with E-state index in [0.29, 0.717) is 0 Å². The molecule has 2 heteroatoms. The molecule has 1 nitrogen and oxygen atoms in total. The molecule has 0 aliphatic carbocycles. The fourth-order valence-electron chi connectivity index (χ4n) is 0.928. The van der Waals surface area contributed by atoms with Crippen molar-refractivity contribution in [1.82, 2.24) is 0 Å². The Kier molecular flexibility index (Phi) is 5.34. The van der Waals surface area contributed by atoms with E-state index in [1.54, 1.807) is 0 Å². The van der Waals surface area contributed by atoms with Crippen molar-refractivity contribution >= 4 is 8.32 Å². The van der Waals surface area contributed by atoms with Gasteiger partial charge in [-0.1, -0.05) is 32.8 Å². The number of hydrogen-bond acceptors (Lipinski definition) is 1. The van der Waals surface area contributed by atoms with E-state index < -0.39 is 8.32 Å². The largest absolute Gasteiger partial charge is 0.400 e. The molecule has 0 aliphatic rings. The lowest BCUT2D eigenvalue weighted by molar-refractivity contribution is 0.275. The van der Waals surface area contributed by atoms with E-state index >= 15 is 0 Å². The van der Waals surface area contributed by atoms with Crippen LogP contribution >= 0.6 is 0 Å². The SMILES string of the molecule is CC#CC(/C=C/C)O[Si](C)(C)C(C)(C)C. The third-order valence-corrected chi connectivity index (χ3v) is 7.34. The van der Waals surface area contributed by atoms with Crippen LogP contribution in [0.3, 0.4) is 0 Å². The van der Waals surface area contributed by atoms with Gasteiger partial charge in [0.1, 0.15) is 6.10 Å². The molecule has 0 N–H and O–H groups in total. The van der Waals surface area contributed by atoms with Crippen LogP contribution in [0.15, 0.2) is 12.2 Å². The quantitative estimate of drug-likeness (QED) is 0.400. The zero-order chi connectivity index (χ0) is 12.1. The zero-order valence-electron chi connectivity index (χ0n) is 11.1. The van der Waals surface area contributed by atoms with Crippen LogP contribution in [0.5, 0.6) is 0 Å². The van der Waals surface area contributed by atoms with Gasteiger partial charge in [0.2, 0.25) is 0 Å². The van der Waals surface area contributed by atoms with E-state index in [2.05, 4.69) is 45.7 Å². The van der Waals surface area contributed by atoms with Gasteiger partial charge in [-0.3, -0.25) is 0 Å². The molecule has 0 aromatic carbocycles. The Balaban J connectivity index is 4.72. The smallest absolute Gasteiger partial charge is 0.194 e. The van der Waals surface area contributed by atoms with Crippen molar-refractivity contribution < 1.29 is 4.43 Å². The lowest BCUT2D eigenvalue weighted by Crippen LogP contribution is -2.43. The van der Waals surface area contributed by atoms with Gasteiger partial charge in [0.25, 0.3) is 0 Å². The first kappa shape index (κ1) is 14.5. The summed E-state index contributed by atoms with van der Waals surface area (Å²) in [7, 11) is -1.70. The minimum Gasteiger partial charge on any atom is -0.400 e. The summed E-state index contributed by atoms with van der Waals surface area (Å²) in [5.41, 5.74) is 0. The monoisotopic (exact) mass is 224 g/mol. The van der Waals surface area contributed by atoms with Crippen molar-refractivity contribution in [2.45, 2.75) is 58.9 Å². The maximum atomic E-state index is 6.16. The molecule has 0 aromatic rings. The lowest BCUT2D eigenvalue weighted by Gasteiger charge is -2.37. The van der Waals surface area contributed by atoms with Crippen molar-refractivity contribution in [3.8, 4) is 11.8 Å². The standard InChI is InChI=1S/C13H24OSi/c1-8-10-12(11-9-2)14-15(6,7)13(3,4)5/h8,10,12H,1-7H3/b10-8+. The van der Waals surface area contributed by atoms with Gasteiger partial charge in [0, 0.05) is 0 Å². The maximum absolute atomic E-state index is 6.16. The van der Waals surface area contributed by atoms with Crippen molar-refractivity contribution in [2.24, 2.45) is 0 Å². The van der Waals surface area contributed by atoms with Crippen molar-refractivity contribution in [2.75, 3.05) is 0 Å². The minimum absolute atomic E-state index is 0.0408. The van der Waals surface area contributed by atoms with Crippen LogP contribution in [0.4, 0.5) is 0 Å². The fourth-order valence-corrected chi connectivity index (χ4v) is 2.05. The molecule has 0 saturated heterocycles. The second-order valence-electron chi connectivity index (χ2n) is 5.22. The van der Waals surface area contributed by atoms with E-state index in [0.717, 1.165) is 0 Å². The number of allylic oxidation sites excluding steroid dienone is 1. The molecular weight excluding hydrogens is 200 g/mol. The Bertz CT molecular complexity index is 273. The molecule has 0 saturated carbocycles. The Labute approximate surface area is 96.0 Å². The van der Waals surface area contributed by atoms with Crippen molar-refractivity contribution in [3.05, 3.63) is 12.2 Å². The second-order valence-corrected chi connectivity index (χ2v) is 9.98. The third-order valence-electron chi connectivity index (χ3n) is 2.88. The van der Waals surface area contributed by atoms with Crippen LogP contribution in [0.1, 0.15) is 34.6 Å². The van der Waals surface area contributed by atoms with Crippen LogP contribution < -0.4 is 0 Å². The molecule has 15 heavy (non-hydrogen) atoms.